The lowest BCUT2D eigenvalue weighted by molar-refractivity contribution is 0.0353. The Morgan fingerprint density at radius 1 is 1.00 bits per heavy atom. The van der Waals surface area contributed by atoms with Crippen molar-refractivity contribution in [2.75, 3.05) is 32.7 Å². The van der Waals surface area contributed by atoms with E-state index < -0.39 is 6.09 Å². The van der Waals surface area contributed by atoms with Crippen LogP contribution in [0, 0.1) is 5.92 Å². The second-order valence-electron chi connectivity index (χ2n) is 12.1. The molecule has 4 aromatic rings. The zero-order valence-electron chi connectivity index (χ0n) is 23.9. The van der Waals surface area contributed by atoms with Crippen molar-refractivity contribution in [3.05, 3.63) is 59.3 Å². The molecule has 9 heteroatoms. The minimum atomic E-state index is -0.422. The number of benzene rings is 2. The smallest absolute Gasteiger partial charge is 0.414 e. The minimum Gasteiger partial charge on any atom is -0.488 e. The Balaban J connectivity index is 0.915. The van der Waals surface area contributed by atoms with Gasteiger partial charge < -0.3 is 34.0 Å². The van der Waals surface area contributed by atoms with Gasteiger partial charge in [0.25, 0.3) is 0 Å². The molecule has 0 radical (unpaired) electrons. The van der Waals surface area contributed by atoms with E-state index in [0.717, 1.165) is 59.7 Å². The molecule has 2 atom stereocenters. The third-order valence-electron chi connectivity index (χ3n) is 9.45. The van der Waals surface area contributed by atoms with E-state index in [1.165, 1.54) is 51.7 Å². The minimum absolute atomic E-state index is 0.132. The Bertz CT molecular complexity index is 1540. The van der Waals surface area contributed by atoms with E-state index in [4.69, 9.17) is 25.5 Å². The molecule has 0 spiro atoms. The van der Waals surface area contributed by atoms with Crippen LogP contribution in [0.1, 0.15) is 50.5 Å². The number of aromatic amines is 1. The second kappa shape index (κ2) is 12.2. The van der Waals surface area contributed by atoms with Gasteiger partial charge in [0, 0.05) is 54.1 Å². The summed E-state index contributed by atoms with van der Waals surface area (Å²) in [5, 5.41) is 5.45. The SMILES string of the molecule is O=C(NC1CCN(C[C@@H]2CCCN3CCCC[C@H]23)CC1)Oc1cc2c(OCc3coc4c(Cl)cccc34)cccc2[nH]1. The van der Waals surface area contributed by atoms with Crippen molar-refractivity contribution in [1.82, 2.24) is 20.1 Å². The summed E-state index contributed by atoms with van der Waals surface area (Å²) in [7, 11) is 0. The van der Waals surface area contributed by atoms with Crippen molar-refractivity contribution < 1.29 is 18.7 Å². The molecule has 0 aliphatic carbocycles. The highest BCUT2D eigenvalue weighted by Crippen LogP contribution is 2.33. The number of halogens is 1. The molecule has 5 heterocycles. The number of hydrogen-bond acceptors (Lipinski definition) is 6. The van der Waals surface area contributed by atoms with Gasteiger partial charge in [-0.2, -0.15) is 0 Å². The first-order valence-electron chi connectivity index (χ1n) is 15.4. The molecule has 1 amide bonds. The molecule has 222 valence electrons. The standard InChI is InChI=1S/C33H39ClN4O4/c34-27-8-3-7-25-23(21-41-32(25)27)20-40-30-11-4-9-28-26(30)18-31(36-28)42-33(39)35-24-12-16-37(17-13-24)19-22-6-5-15-38-14-2-1-10-29(22)38/h3-4,7-9,11,18,21-22,24,29,36H,1-2,5-6,10,12-17,19-20H2,(H,35,39)/t22-,29+/m0/s1. The predicted octanol–water partition coefficient (Wildman–Crippen LogP) is 6.96. The van der Waals surface area contributed by atoms with Crippen LogP contribution in [0.15, 0.2) is 53.1 Å². The Morgan fingerprint density at radius 3 is 2.76 bits per heavy atom. The van der Waals surface area contributed by atoms with Crippen molar-refractivity contribution in [3.8, 4) is 11.6 Å². The molecule has 7 rings (SSSR count). The van der Waals surface area contributed by atoms with Gasteiger partial charge in [-0.15, -0.1) is 0 Å². The van der Waals surface area contributed by atoms with Crippen LogP contribution >= 0.6 is 11.6 Å². The number of aromatic nitrogens is 1. The Morgan fingerprint density at radius 2 is 1.86 bits per heavy atom. The maximum absolute atomic E-state index is 12.8. The first-order valence-corrected chi connectivity index (χ1v) is 15.8. The molecule has 2 N–H and O–H groups in total. The molecule has 0 saturated carbocycles. The number of H-pyrrole nitrogens is 1. The zero-order chi connectivity index (χ0) is 28.5. The molecule has 3 fully saturated rings. The van der Waals surface area contributed by atoms with E-state index in [0.29, 0.717) is 28.8 Å². The normalized spacial score (nSPS) is 22.3. The first kappa shape index (κ1) is 27.6. The lowest BCUT2D eigenvalue weighted by Gasteiger charge is -2.46. The van der Waals surface area contributed by atoms with E-state index >= 15 is 0 Å². The highest BCUT2D eigenvalue weighted by molar-refractivity contribution is 6.34. The van der Waals surface area contributed by atoms with E-state index in [9.17, 15) is 4.79 Å². The van der Waals surface area contributed by atoms with E-state index in [1.54, 1.807) is 12.3 Å². The number of nitrogens with one attached hydrogen (secondary N) is 2. The van der Waals surface area contributed by atoms with Gasteiger partial charge in [-0.3, -0.25) is 0 Å². The van der Waals surface area contributed by atoms with Crippen LogP contribution in [0.5, 0.6) is 11.6 Å². The predicted molar refractivity (Wildman–Crippen MR) is 164 cm³/mol. The molecule has 3 aliphatic heterocycles. The molecule has 3 saturated heterocycles. The van der Waals surface area contributed by atoms with Crippen molar-refractivity contribution in [1.29, 1.82) is 0 Å². The van der Waals surface area contributed by atoms with Crippen molar-refractivity contribution >= 4 is 39.6 Å². The summed E-state index contributed by atoms with van der Waals surface area (Å²) in [6.07, 6.45) is 9.97. The molecule has 0 unspecified atom stereocenters. The van der Waals surface area contributed by atoms with Crippen molar-refractivity contribution in [3.63, 3.8) is 0 Å². The number of likely N-dealkylation sites (tertiary alicyclic amines) is 1. The Kier molecular flexibility index (Phi) is 8.02. The number of carbonyl (C=O) groups excluding carboxylic acids is 1. The maximum atomic E-state index is 12.8. The summed E-state index contributed by atoms with van der Waals surface area (Å²) < 4.78 is 17.5. The van der Waals surface area contributed by atoms with Crippen LogP contribution in [0.25, 0.3) is 21.9 Å². The van der Waals surface area contributed by atoms with Gasteiger partial charge in [0.1, 0.15) is 12.4 Å². The van der Waals surface area contributed by atoms with Crippen LogP contribution in [-0.2, 0) is 6.61 Å². The highest BCUT2D eigenvalue weighted by Gasteiger charge is 2.34. The molecule has 8 nitrogen and oxygen atoms in total. The van der Waals surface area contributed by atoms with E-state index in [-0.39, 0.29) is 6.04 Å². The number of hydrogen-bond donors (Lipinski definition) is 2. The monoisotopic (exact) mass is 590 g/mol. The fourth-order valence-corrected chi connectivity index (χ4v) is 7.52. The van der Waals surface area contributed by atoms with Crippen molar-refractivity contribution in [2.45, 2.75) is 63.6 Å². The molecule has 0 bridgehead atoms. The quantitative estimate of drug-likeness (QED) is 0.242. The average molecular weight is 591 g/mol. The fraction of sp³-hybridized carbons (Fsp3) is 0.485. The number of piperidine rings is 3. The number of nitrogens with zero attached hydrogens (tertiary/aromatic N) is 2. The van der Waals surface area contributed by atoms with Crippen LogP contribution in [-0.4, -0.2) is 65.7 Å². The summed E-state index contributed by atoms with van der Waals surface area (Å²) in [6, 6.07) is 14.2. The summed E-state index contributed by atoms with van der Waals surface area (Å²) in [5.74, 6) is 1.88. The third kappa shape index (κ3) is 5.85. The summed E-state index contributed by atoms with van der Waals surface area (Å²) in [4.78, 5) is 21.4. The fourth-order valence-electron chi connectivity index (χ4n) is 7.30. The topological polar surface area (TPSA) is 83.0 Å². The second-order valence-corrected chi connectivity index (χ2v) is 12.5. The average Bonchev–Trinajstić information content (AvgIpc) is 3.62. The van der Waals surface area contributed by atoms with Gasteiger partial charge in [-0.05, 0) is 75.7 Å². The molecular formula is C33H39ClN4O4. The number of amides is 1. The molecular weight excluding hydrogens is 552 g/mol. The number of para-hydroxylation sites is 1. The number of ether oxygens (including phenoxy) is 2. The maximum Gasteiger partial charge on any atom is 0.414 e. The summed E-state index contributed by atoms with van der Waals surface area (Å²) >= 11 is 6.25. The number of furan rings is 1. The summed E-state index contributed by atoms with van der Waals surface area (Å²) in [5.41, 5.74) is 2.41. The number of fused-ring (bicyclic) bond motifs is 3. The Labute approximate surface area is 251 Å². The van der Waals surface area contributed by atoms with E-state index in [2.05, 4.69) is 20.1 Å². The van der Waals surface area contributed by atoms with Crippen LogP contribution < -0.4 is 14.8 Å². The molecule has 42 heavy (non-hydrogen) atoms. The highest BCUT2D eigenvalue weighted by atomic mass is 35.5. The Hall–Kier alpha value is -3.20. The largest absolute Gasteiger partial charge is 0.488 e. The van der Waals surface area contributed by atoms with Crippen LogP contribution in [0.2, 0.25) is 5.02 Å². The number of carbonyl (C=O) groups is 1. The lowest BCUT2D eigenvalue weighted by Crippen LogP contribution is -2.52. The van der Waals surface area contributed by atoms with Gasteiger partial charge >= 0.3 is 6.09 Å². The van der Waals surface area contributed by atoms with Crippen molar-refractivity contribution in [2.24, 2.45) is 5.92 Å². The van der Waals surface area contributed by atoms with E-state index in [1.807, 2.05) is 36.4 Å². The first-order chi connectivity index (χ1) is 20.6. The summed E-state index contributed by atoms with van der Waals surface area (Å²) in [6.45, 7) is 6.16. The van der Waals surface area contributed by atoms with Gasteiger partial charge in [0.2, 0.25) is 5.88 Å². The number of rotatable bonds is 7. The third-order valence-corrected chi connectivity index (χ3v) is 9.75. The zero-order valence-corrected chi connectivity index (χ0v) is 24.7. The van der Waals surface area contributed by atoms with Crippen LogP contribution in [0.4, 0.5) is 4.79 Å². The lowest BCUT2D eigenvalue weighted by atomic mass is 9.83. The van der Waals surface area contributed by atoms with Gasteiger partial charge in [0.15, 0.2) is 5.58 Å². The van der Waals surface area contributed by atoms with Gasteiger partial charge in [-0.25, -0.2) is 4.79 Å². The van der Waals surface area contributed by atoms with Crippen LogP contribution in [0.3, 0.4) is 0 Å². The van der Waals surface area contributed by atoms with Gasteiger partial charge in [-0.1, -0.05) is 36.2 Å². The molecule has 2 aromatic carbocycles. The van der Waals surface area contributed by atoms with Gasteiger partial charge in [0.05, 0.1) is 16.8 Å². The molecule has 3 aliphatic rings. The molecule has 2 aromatic heterocycles.